The van der Waals surface area contributed by atoms with Gasteiger partial charge in [0.05, 0.1) is 6.04 Å². The monoisotopic (exact) mass is 239 g/mol. The third-order valence-corrected chi connectivity index (χ3v) is 4.22. The summed E-state index contributed by atoms with van der Waals surface area (Å²) in [7, 11) is 1.97. The molecular formula is C13H25N3O. The fraction of sp³-hybridized carbons (Fsp3) is 0.923. The van der Waals surface area contributed by atoms with Gasteiger partial charge in [-0.2, -0.15) is 0 Å². The van der Waals surface area contributed by atoms with Gasteiger partial charge >= 0.3 is 0 Å². The summed E-state index contributed by atoms with van der Waals surface area (Å²) in [4.78, 5) is 14.3. The summed E-state index contributed by atoms with van der Waals surface area (Å²) in [5.41, 5.74) is 0. The van der Waals surface area contributed by atoms with E-state index in [0.717, 1.165) is 25.6 Å². The predicted octanol–water partition coefficient (Wildman–Crippen LogP) is 0.585. The van der Waals surface area contributed by atoms with Gasteiger partial charge in [-0.1, -0.05) is 6.92 Å². The molecule has 0 spiro atoms. The Morgan fingerprint density at radius 3 is 2.47 bits per heavy atom. The van der Waals surface area contributed by atoms with Crippen LogP contribution in [0.5, 0.6) is 0 Å². The number of rotatable bonds is 2. The lowest BCUT2D eigenvalue weighted by Gasteiger charge is -2.36. The molecule has 2 fully saturated rings. The first-order chi connectivity index (χ1) is 8.18. The zero-order valence-corrected chi connectivity index (χ0v) is 11.0. The first kappa shape index (κ1) is 12.8. The first-order valence-corrected chi connectivity index (χ1v) is 6.89. The van der Waals surface area contributed by atoms with Crippen LogP contribution in [0, 0.1) is 5.92 Å². The van der Waals surface area contributed by atoms with Crippen molar-refractivity contribution in [3.05, 3.63) is 0 Å². The molecule has 1 unspecified atom stereocenters. The molecule has 0 aromatic rings. The van der Waals surface area contributed by atoms with Crippen molar-refractivity contribution in [2.75, 3.05) is 26.7 Å². The Labute approximate surface area is 104 Å². The normalized spacial score (nSPS) is 34.4. The van der Waals surface area contributed by atoms with Gasteiger partial charge in [0.2, 0.25) is 5.91 Å². The van der Waals surface area contributed by atoms with E-state index in [1.165, 1.54) is 25.7 Å². The largest absolute Gasteiger partial charge is 0.341 e. The van der Waals surface area contributed by atoms with Gasteiger partial charge in [0.15, 0.2) is 0 Å². The summed E-state index contributed by atoms with van der Waals surface area (Å²) in [5, 5.41) is 6.56. The molecule has 4 nitrogen and oxygen atoms in total. The van der Waals surface area contributed by atoms with Crippen molar-refractivity contribution in [3.8, 4) is 0 Å². The maximum absolute atomic E-state index is 12.3. The van der Waals surface area contributed by atoms with Crippen LogP contribution in [0.2, 0.25) is 0 Å². The van der Waals surface area contributed by atoms with Crippen LogP contribution in [0.15, 0.2) is 0 Å². The molecule has 1 atom stereocenters. The quantitative estimate of drug-likeness (QED) is 0.741. The summed E-state index contributed by atoms with van der Waals surface area (Å²) >= 11 is 0. The minimum Gasteiger partial charge on any atom is -0.341 e. The lowest BCUT2D eigenvalue weighted by atomic mass is 9.86. The van der Waals surface area contributed by atoms with Gasteiger partial charge in [-0.25, -0.2) is 0 Å². The number of nitrogens with zero attached hydrogens (tertiary/aromatic N) is 1. The first-order valence-electron chi connectivity index (χ1n) is 6.89. The number of hydrogen-bond donors (Lipinski definition) is 2. The number of hydrogen-bond acceptors (Lipinski definition) is 3. The summed E-state index contributed by atoms with van der Waals surface area (Å²) < 4.78 is 0. The minimum absolute atomic E-state index is 0.0203. The maximum atomic E-state index is 12.3. The van der Waals surface area contributed by atoms with E-state index >= 15 is 0 Å². The maximum Gasteiger partial charge on any atom is 0.241 e. The number of carbonyl (C=O) groups excluding carboxylic acids is 1. The number of piperazine rings is 1. The second kappa shape index (κ2) is 5.83. The van der Waals surface area contributed by atoms with Gasteiger partial charge in [-0.05, 0) is 31.6 Å². The molecule has 2 rings (SSSR count). The van der Waals surface area contributed by atoms with Crippen LogP contribution in [-0.2, 0) is 4.79 Å². The van der Waals surface area contributed by atoms with E-state index in [1.807, 2.05) is 11.9 Å². The van der Waals surface area contributed by atoms with Crippen molar-refractivity contribution in [2.24, 2.45) is 5.92 Å². The molecule has 0 aromatic heterocycles. The molecule has 2 N–H and O–H groups in total. The van der Waals surface area contributed by atoms with Crippen molar-refractivity contribution in [2.45, 2.75) is 44.7 Å². The van der Waals surface area contributed by atoms with E-state index in [9.17, 15) is 4.79 Å². The molecule has 0 bridgehead atoms. The van der Waals surface area contributed by atoms with Crippen LogP contribution in [0.3, 0.4) is 0 Å². The Bertz CT molecular complexity index is 255. The highest BCUT2D eigenvalue weighted by Gasteiger charge is 2.29. The molecule has 2 aliphatic rings. The van der Waals surface area contributed by atoms with Crippen molar-refractivity contribution in [3.63, 3.8) is 0 Å². The van der Waals surface area contributed by atoms with Gasteiger partial charge in [0.1, 0.15) is 0 Å². The highest BCUT2D eigenvalue weighted by atomic mass is 16.2. The summed E-state index contributed by atoms with van der Waals surface area (Å²) in [5.74, 6) is 1.10. The topological polar surface area (TPSA) is 44.4 Å². The molecule has 0 aromatic carbocycles. The van der Waals surface area contributed by atoms with Crippen LogP contribution < -0.4 is 10.6 Å². The Kier molecular flexibility index (Phi) is 4.40. The molecule has 4 heteroatoms. The highest BCUT2D eigenvalue weighted by molar-refractivity contribution is 5.82. The Morgan fingerprint density at radius 2 is 1.88 bits per heavy atom. The molecule has 0 radical (unpaired) electrons. The van der Waals surface area contributed by atoms with Crippen molar-refractivity contribution >= 4 is 5.91 Å². The zero-order valence-electron chi connectivity index (χ0n) is 11.0. The summed E-state index contributed by atoms with van der Waals surface area (Å²) in [6.07, 6.45) is 4.87. The predicted molar refractivity (Wildman–Crippen MR) is 68.9 cm³/mol. The highest BCUT2D eigenvalue weighted by Crippen LogP contribution is 2.26. The average molecular weight is 239 g/mol. The van der Waals surface area contributed by atoms with E-state index in [-0.39, 0.29) is 11.9 Å². The molecular weight excluding hydrogens is 214 g/mol. The zero-order chi connectivity index (χ0) is 12.3. The molecule has 1 saturated carbocycles. The molecule has 1 aliphatic carbocycles. The van der Waals surface area contributed by atoms with Crippen molar-refractivity contribution in [1.82, 2.24) is 15.5 Å². The van der Waals surface area contributed by atoms with E-state index in [2.05, 4.69) is 17.6 Å². The van der Waals surface area contributed by atoms with Crippen LogP contribution in [0.1, 0.15) is 32.6 Å². The van der Waals surface area contributed by atoms with Crippen LogP contribution >= 0.6 is 0 Å². The van der Waals surface area contributed by atoms with Gasteiger partial charge in [0, 0.05) is 32.7 Å². The molecule has 1 amide bonds. The summed E-state index contributed by atoms with van der Waals surface area (Å²) in [6.45, 7) is 4.94. The van der Waals surface area contributed by atoms with E-state index in [0.29, 0.717) is 6.04 Å². The number of nitrogens with one attached hydrogen (secondary N) is 2. The third-order valence-electron chi connectivity index (χ3n) is 4.22. The van der Waals surface area contributed by atoms with E-state index in [1.54, 1.807) is 0 Å². The van der Waals surface area contributed by atoms with Gasteiger partial charge < -0.3 is 15.5 Å². The standard InChI is InChI=1S/C13H25N3O/c1-10-3-5-11(6-4-10)16(2)13(17)12-9-14-7-8-15-12/h10-12,14-15H,3-9H2,1-2H3. The Balaban J connectivity index is 1.85. The number of likely N-dealkylation sites (N-methyl/N-ethyl adjacent to an activating group) is 1. The fourth-order valence-corrected chi connectivity index (χ4v) is 2.88. The summed E-state index contributed by atoms with van der Waals surface area (Å²) in [6, 6.07) is 0.440. The Morgan fingerprint density at radius 1 is 1.18 bits per heavy atom. The molecule has 1 saturated heterocycles. The van der Waals surface area contributed by atoms with Gasteiger partial charge in [0.25, 0.3) is 0 Å². The van der Waals surface area contributed by atoms with Crippen molar-refractivity contribution in [1.29, 1.82) is 0 Å². The van der Waals surface area contributed by atoms with E-state index in [4.69, 9.17) is 0 Å². The van der Waals surface area contributed by atoms with Crippen LogP contribution in [0.25, 0.3) is 0 Å². The van der Waals surface area contributed by atoms with Crippen molar-refractivity contribution < 1.29 is 4.79 Å². The molecule has 17 heavy (non-hydrogen) atoms. The van der Waals surface area contributed by atoms with Gasteiger partial charge in [-0.3, -0.25) is 4.79 Å². The second-order valence-electron chi connectivity index (χ2n) is 5.57. The lowest BCUT2D eigenvalue weighted by Crippen LogP contribution is -2.57. The Hall–Kier alpha value is -0.610. The number of amides is 1. The fourth-order valence-electron chi connectivity index (χ4n) is 2.88. The SMILES string of the molecule is CC1CCC(N(C)C(=O)C2CNCCN2)CC1. The van der Waals surface area contributed by atoms with Crippen LogP contribution in [-0.4, -0.2) is 49.6 Å². The average Bonchev–Trinajstić information content (AvgIpc) is 2.39. The molecule has 1 heterocycles. The molecule has 98 valence electrons. The lowest BCUT2D eigenvalue weighted by molar-refractivity contribution is -0.135. The molecule has 1 aliphatic heterocycles. The second-order valence-corrected chi connectivity index (χ2v) is 5.57. The van der Waals surface area contributed by atoms with Gasteiger partial charge in [-0.15, -0.1) is 0 Å². The minimum atomic E-state index is -0.0203. The smallest absolute Gasteiger partial charge is 0.241 e. The number of carbonyl (C=O) groups is 1. The van der Waals surface area contributed by atoms with E-state index < -0.39 is 0 Å². The van der Waals surface area contributed by atoms with Crippen LogP contribution in [0.4, 0.5) is 0 Å². The third kappa shape index (κ3) is 3.19.